The fourth-order valence-electron chi connectivity index (χ4n) is 1.70. The summed E-state index contributed by atoms with van der Waals surface area (Å²) in [5.41, 5.74) is 1.11. The summed E-state index contributed by atoms with van der Waals surface area (Å²) in [6.45, 7) is 0.638. The van der Waals surface area contributed by atoms with Gasteiger partial charge in [-0.3, -0.25) is 4.79 Å². The van der Waals surface area contributed by atoms with Crippen molar-refractivity contribution in [1.82, 2.24) is 4.90 Å². The second kappa shape index (κ2) is 4.84. The molecule has 0 spiro atoms. The highest BCUT2D eigenvalue weighted by Gasteiger charge is 2.13. The maximum atomic E-state index is 11.6. The first-order valence-corrected chi connectivity index (χ1v) is 5.38. The van der Waals surface area contributed by atoms with Gasteiger partial charge in [0.1, 0.15) is 5.75 Å². The Morgan fingerprint density at radius 2 is 2.06 bits per heavy atom. The van der Waals surface area contributed by atoms with Crippen LogP contribution in [0.5, 0.6) is 5.75 Å². The van der Waals surface area contributed by atoms with Crippen LogP contribution in [0.1, 0.15) is 18.4 Å². The van der Waals surface area contributed by atoms with Crippen LogP contribution in [0.25, 0.3) is 0 Å². The van der Waals surface area contributed by atoms with Gasteiger partial charge < -0.3 is 9.64 Å². The number of benzene rings is 1. The lowest BCUT2D eigenvalue weighted by Crippen LogP contribution is -2.26. The lowest BCUT2D eigenvalue weighted by Gasteiger charge is -2.21. The minimum Gasteiger partial charge on any atom is -0.497 e. The summed E-state index contributed by atoms with van der Waals surface area (Å²) < 4.78 is 5.09. The third-order valence-corrected chi connectivity index (χ3v) is 2.64. The van der Waals surface area contributed by atoms with Gasteiger partial charge in [-0.2, -0.15) is 0 Å². The third-order valence-electron chi connectivity index (χ3n) is 2.64. The lowest BCUT2D eigenvalue weighted by molar-refractivity contribution is -0.129. The van der Waals surface area contributed by atoms with E-state index < -0.39 is 0 Å². The summed E-state index contributed by atoms with van der Waals surface area (Å²) in [4.78, 5) is 13.3. The first-order valence-electron chi connectivity index (χ1n) is 5.38. The molecule has 3 nitrogen and oxygen atoms in total. The summed E-state index contributed by atoms with van der Waals surface area (Å²) in [5.74, 6) is 1.03. The average Bonchev–Trinajstić information content (AvgIpc) is 2.33. The Balaban J connectivity index is 2.05. The van der Waals surface area contributed by atoms with Crippen molar-refractivity contribution in [1.29, 1.82) is 0 Å². The third kappa shape index (κ3) is 2.42. The van der Waals surface area contributed by atoms with E-state index in [9.17, 15) is 4.79 Å². The van der Waals surface area contributed by atoms with Crippen molar-refractivity contribution in [2.75, 3.05) is 7.11 Å². The van der Waals surface area contributed by atoms with Crippen molar-refractivity contribution in [3.05, 3.63) is 42.1 Å². The SMILES string of the molecule is COc1ccc(CN2C=CCCC2=O)cc1. The molecule has 84 valence electrons. The van der Waals surface area contributed by atoms with Crippen LogP contribution in [0, 0.1) is 0 Å². The van der Waals surface area contributed by atoms with Crippen molar-refractivity contribution in [2.24, 2.45) is 0 Å². The fourth-order valence-corrected chi connectivity index (χ4v) is 1.70. The predicted octanol–water partition coefficient (Wildman–Crippen LogP) is 2.33. The van der Waals surface area contributed by atoms with E-state index in [0.29, 0.717) is 13.0 Å². The van der Waals surface area contributed by atoms with E-state index in [1.165, 1.54) is 0 Å². The monoisotopic (exact) mass is 217 g/mol. The van der Waals surface area contributed by atoms with E-state index in [1.807, 2.05) is 36.5 Å². The second-order valence-electron chi connectivity index (χ2n) is 3.79. The Bertz CT molecular complexity index is 395. The zero-order valence-electron chi connectivity index (χ0n) is 9.35. The standard InChI is InChI=1S/C13H15NO2/c1-16-12-7-5-11(6-8-12)10-14-9-3-2-4-13(14)15/h3,5-9H,2,4,10H2,1H3. The Morgan fingerprint density at radius 3 is 2.69 bits per heavy atom. The van der Waals surface area contributed by atoms with Gasteiger partial charge in [-0.1, -0.05) is 18.2 Å². The van der Waals surface area contributed by atoms with Crippen molar-refractivity contribution in [3.63, 3.8) is 0 Å². The number of hydrogen-bond donors (Lipinski definition) is 0. The number of carbonyl (C=O) groups excluding carboxylic acids is 1. The number of amides is 1. The number of methoxy groups -OCH3 is 1. The van der Waals surface area contributed by atoms with Crippen LogP contribution >= 0.6 is 0 Å². The van der Waals surface area contributed by atoms with Crippen molar-refractivity contribution in [3.8, 4) is 5.75 Å². The maximum Gasteiger partial charge on any atom is 0.227 e. The minimum atomic E-state index is 0.193. The van der Waals surface area contributed by atoms with E-state index in [1.54, 1.807) is 12.0 Å². The highest BCUT2D eigenvalue weighted by molar-refractivity contribution is 5.78. The molecule has 0 saturated heterocycles. The number of allylic oxidation sites excluding steroid dienone is 1. The fraction of sp³-hybridized carbons (Fsp3) is 0.308. The summed E-state index contributed by atoms with van der Waals surface area (Å²) in [6.07, 6.45) is 5.38. The molecule has 0 unspecified atom stereocenters. The summed E-state index contributed by atoms with van der Waals surface area (Å²) in [6, 6.07) is 7.78. The van der Waals surface area contributed by atoms with Crippen LogP contribution in [-0.4, -0.2) is 17.9 Å². The molecule has 3 heteroatoms. The first-order chi connectivity index (χ1) is 7.79. The number of rotatable bonds is 3. The van der Waals surface area contributed by atoms with Crippen LogP contribution in [-0.2, 0) is 11.3 Å². The minimum absolute atomic E-state index is 0.193. The quantitative estimate of drug-likeness (QED) is 0.777. The largest absolute Gasteiger partial charge is 0.497 e. The van der Waals surface area contributed by atoms with Crippen LogP contribution in [0.2, 0.25) is 0 Å². The van der Waals surface area contributed by atoms with Crippen LogP contribution < -0.4 is 4.74 Å². The molecule has 0 aliphatic carbocycles. The first kappa shape index (κ1) is 10.7. The highest BCUT2D eigenvalue weighted by Crippen LogP contribution is 2.15. The van der Waals surface area contributed by atoms with Gasteiger partial charge >= 0.3 is 0 Å². The molecular weight excluding hydrogens is 202 g/mol. The molecule has 1 aromatic rings. The normalized spacial score (nSPS) is 15.3. The molecule has 2 rings (SSSR count). The number of hydrogen-bond acceptors (Lipinski definition) is 2. The Labute approximate surface area is 95.3 Å². The van der Waals surface area contributed by atoms with Crippen LogP contribution in [0.4, 0.5) is 0 Å². The number of carbonyl (C=O) groups is 1. The smallest absolute Gasteiger partial charge is 0.227 e. The Morgan fingerprint density at radius 1 is 1.31 bits per heavy atom. The van der Waals surface area contributed by atoms with Crippen molar-refractivity contribution >= 4 is 5.91 Å². The van der Waals surface area contributed by atoms with Gasteiger partial charge in [0, 0.05) is 12.6 Å². The van der Waals surface area contributed by atoms with Gasteiger partial charge in [0.05, 0.1) is 13.7 Å². The van der Waals surface area contributed by atoms with E-state index in [-0.39, 0.29) is 5.91 Å². The van der Waals surface area contributed by atoms with Gasteiger partial charge in [-0.15, -0.1) is 0 Å². The molecule has 1 aromatic carbocycles. The lowest BCUT2D eigenvalue weighted by atomic mass is 10.1. The molecule has 0 atom stereocenters. The molecule has 1 aliphatic heterocycles. The topological polar surface area (TPSA) is 29.5 Å². The molecule has 0 N–H and O–H groups in total. The summed E-state index contributed by atoms with van der Waals surface area (Å²) >= 11 is 0. The summed E-state index contributed by atoms with van der Waals surface area (Å²) in [5, 5.41) is 0. The Hall–Kier alpha value is -1.77. The molecule has 0 saturated carbocycles. The molecule has 0 radical (unpaired) electrons. The molecule has 0 aromatic heterocycles. The number of ether oxygens (including phenoxy) is 1. The van der Waals surface area contributed by atoms with Crippen LogP contribution in [0.3, 0.4) is 0 Å². The molecule has 0 fully saturated rings. The van der Waals surface area contributed by atoms with E-state index in [0.717, 1.165) is 17.7 Å². The van der Waals surface area contributed by atoms with E-state index >= 15 is 0 Å². The van der Waals surface area contributed by atoms with Gasteiger partial charge in [-0.25, -0.2) is 0 Å². The highest BCUT2D eigenvalue weighted by atomic mass is 16.5. The van der Waals surface area contributed by atoms with Crippen molar-refractivity contribution < 1.29 is 9.53 Å². The molecule has 1 amide bonds. The molecule has 1 aliphatic rings. The van der Waals surface area contributed by atoms with Gasteiger partial charge in [0.15, 0.2) is 0 Å². The van der Waals surface area contributed by atoms with Crippen molar-refractivity contribution in [2.45, 2.75) is 19.4 Å². The van der Waals surface area contributed by atoms with Gasteiger partial charge in [-0.05, 0) is 24.1 Å². The molecule has 16 heavy (non-hydrogen) atoms. The molecule has 1 heterocycles. The van der Waals surface area contributed by atoms with Gasteiger partial charge in [0.25, 0.3) is 0 Å². The van der Waals surface area contributed by atoms with Crippen LogP contribution in [0.15, 0.2) is 36.5 Å². The summed E-state index contributed by atoms with van der Waals surface area (Å²) in [7, 11) is 1.64. The second-order valence-corrected chi connectivity index (χ2v) is 3.79. The predicted molar refractivity (Wildman–Crippen MR) is 61.9 cm³/mol. The van der Waals surface area contributed by atoms with E-state index in [4.69, 9.17) is 4.74 Å². The maximum absolute atomic E-state index is 11.6. The van der Waals surface area contributed by atoms with E-state index in [2.05, 4.69) is 0 Å². The zero-order chi connectivity index (χ0) is 11.4. The average molecular weight is 217 g/mol. The van der Waals surface area contributed by atoms with Gasteiger partial charge in [0.2, 0.25) is 5.91 Å². The Kier molecular flexibility index (Phi) is 3.25. The molecular formula is C13H15NO2. The molecule has 0 bridgehead atoms. The number of nitrogens with zero attached hydrogens (tertiary/aromatic N) is 1. The zero-order valence-corrected chi connectivity index (χ0v) is 9.35.